The van der Waals surface area contributed by atoms with Crippen molar-refractivity contribution >= 4 is 17.2 Å². The van der Waals surface area contributed by atoms with Gasteiger partial charge in [0.05, 0.1) is 24.4 Å². The lowest BCUT2D eigenvalue weighted by Crippen LogP contribution is -2.34. The number of thiazole rings is 1. The molecular formula is C16H21N3O2S. The maximum atomic E-state index is 12.0. The van der Waals surface area contributed by atoms with E-state index in [-0.39, 0.29) is 5.91 Å². The zero-order valence-corrected chi connectivity index (χ0v) is 13.9. The summed E-state index contributed by atoms with van der Waals surface area (Å²) in [7, 11) is 3.55. The van der Waals surface area contributed by atoms with Crippen LogP contribution in [0.4, 0.5) is 0 Å². The molecule has 0 bridgehead atoms. The smallest absolute Gasteiger partial charge is 0.234 e. The minimum atomic E-state index is 0.00488. The van der Waals surface area contributed by atoms with Crippen LogP contribution in [0.5, 0.6) is 5.75 Å². The van der Waals surface area contributed by atoms with Crippen LogP contribution in [-0.2, 0) is 17.9 Å². The molecule has 0 saturated heterocycles. The summed E-state index contributed by atoms with van der Waals surface area (Å²) in [6.07, 6.45) is 0. The van der Waals surface area contributed by atoms with E-state index in [1.54, 1.807) is 18.4 Å². The third-order valence-electron chi connectivity index (χ3n) is 3.16. The van der Waals surface area contributed by atoms with Gasteiger partial charge in [0.2, 0.25) is 5.91 Å². The molecule has 5 nitrogen and oxygen atoms in total. The van der Waals surface area contributed by atoms with Crippen molar-refractivity contribution in [2.75, 3.05) is 20.7 Å². The van der Waals surface area contributed by atoms with Crippen molar-refractivity contribution in [1.82, 2.24) is 15.2 Å². The number of ether oxygens (including phenoxy) is 1. The van der Waals surface area contributed by atoms with E-state index in [9.17, 15) is 4.79 Å². The van der Waals surface area contributed by atoms with Gasteiger partial charge in [-0.3, -0.25) is 9.69 Å². The molecule has 0 aliphatic rings. The fourth-order valence-corrected chi connectivity index (χ4v) is 2.66. The number of carbonyl (C=O) groups excluding carboxylic acids is 1. The van der Waals surface area contributed by atoms with Gasteiger partial charge < -0.3 is 10.1 Å². The van der Waals surface area contributed by atoms with E-state index in [1.165, 1.54) is 0 Å². The summed E-state index contributed by atoms with van der Waals surface area (Å²) in [4.78, 5) is 18.3. The van der Waals surface area contributed by atoms with E-state index < -0.39 is 0 Å². The summed E-state index contributed by atoms with van der Waals surface area (Å²) in [6.45, 7) is 3.54. The minimum absolute atomic E-state index is 0.00488. The van der Waals surface area contributed by atoms with Crippen LogP contribution in [0.15, 0.2) is 29.6 Å². The first kappa shape index (κ1) is 16.5. The van der Waals surface area contributed by atoms with Gasteiger partial charge in [-0.25, -0.2) is 4.98 Å². The number of nitrogens with zero attached hydrogens (tertiary/aromatic N) is 2. The summed E-state index contributed by atoms with van der Waals surface area (Å²) in [6, 6.07) is 7.66. The normalized spacial score (nSPS) is 10.7. The molecule has 1 heterocycles. The molecule has 0 atom stereocenters. The summed E-state index contributed by atoms with van der Waals surface area (Å²) < 4.78 is 5.11. The molecule has 0 aliphatic heterocycles. The third-order valence-corrected chi connectivity index (χ3v) is 3.98. The van der Waals surface area contributed by atoms with Crippen molar-refractivity contribution < 1.29 is 9.53 Å². The molecular weight excluding hydrogens is 298 g/mol. The molecule has 1 amide bonds. The Morgan fingerprint density at radius 1 is 1.36 bits per heavy atom. The Hall–Kier alpha value is -1.92. The van der Waals surface area contributed by atoms with Crippen molar-refractivity contribution in [2.45, 2.75) is 20.0 Å². The first-order valence-electron chi connectivity index (χ1n) is 7.06. The molecule has 1 N–H and O–H groups in total. The largest absolute Gasteiger partial charge is 0.497 e. The number of likely N-dealkylation sites (N-methyl/N-ethyl adjacent to an activating group) is 1. The minimum Gasteiger partial charge on any atom is -0.497 e. The van der Waals surface area contributed by atoms with Gasteiger partial charge in [0.15, 0.2) is 0 Å². The number of amides is 1. The molecule has 0 radical (unpaired) electrons. The molecule has 1 aromatic carbocycles. The van der Waals surface area contributed by atoms with Gasteiger partial charge >= 0.3 is 0 Å². The molecule has 0 fully saturated rings. The van der Waals surface area contributed by atoms with Crippen molar-refractivity contribution in [1.29, 1.82) is 0 Å². The highest BCUT2D eigenvalue weighted by Crippen LogP contribution is 2.11. The molecule has 1 aromatic heterocycles. The zero-order chi connectivity index (χ0) is 15.9. The second-order valence-corrected chi connectivity index (χ2v) is 6.22. The van der Waals surface area contributed by atoms with Gasteiger partial charge in [-0.1, -0.05) is 12.1 Å². The number of aromatic nitrogens is 1. The van der Waals surface area contributed by atoms with Crippen molar-refractivity contribution in [3.8, 4) is 5.75 Å². The molecule has 0 unspecified atom stereocenters. The molecule has 0 spiro atoms. The number of methoxy groups -OCH3 is 1. The number of hydrogen-bond acceptors (Lipinski definition) is 5. The lowest BCUT2D eigenvalue weighted by Gasteiger charge is -2.15. The van der Waals surface area contributed by atoms with Crippen LogP contribution in [0.2, 0.25) is 0 Å². The maximum Gasteiger partial charge on any atom is 0.234 e. The average molecular weight is 319 g/mol. The highest BCUT2D eigenvalue weighted by atomic mass is 32.1. The summed E-state index contributed by atoms with van der Waals surface area (Å²) in [5.74, 6) is 0.818. The summed E-state index contributed by atoms with van der Waals surface area (Å²) in [5, 5.41) is 6.00. The van der Waals surface area contributed by atoms with Crippen LogP contribution in [0.3, 0.4) is 0 Å². The van der Waals surface area contributed by atoms with Gasteiger partial charge in [-0.2, -0.15) is 0 Å². The molecule has 0 saturated carbocycles. The van der Waals surface area contributed by atoms with Gasteiger partial charge in [-0.15, -0.1) is 11.3 Å². The van der Waals surface area contributed by atoms with Gasteiger partial charge in [0.25, 0.3) is 0 Å². The summed E-state index contributed by atoms with van der Waals surface area (Å²) in [5.41, 5.74) is 2.06. The van der Waals surface area contributed by atoms with Crippen molar-refractivity contribution in [2.24, 2.45) is 0 Å². The van der Waals surface area contributed by atoms with Gasteiger partial charge in [-0.05, 0) is 31.7 Å². The van der Waals surface area contributed by atoms with E-state index >= 15 is 0 Å². The monoisotopic (exact) mass is 319 g/mol. The average Bonchev–Trinajstić information content (AvgIpc) is 2.90. The zero-order valence-electron chi connectivity index (χ0n) is 13.1. The van der Waals surface area contributed by atoms with Crippen LogP contribution in [0.25, 0.3) is 0 Å². The lowest BCUT2D eigenvalue weighted by atomic mass is 10.2. The predicted octanol–water partition coefficient (Wildman–Crippen LogP) is 2.21. The number of hydrogen-bond donors (Lipinski definition) is 1. The number of nitrogens with one attached hydrogen (secondary N) is 1. The Balaban J connectivity index is 1.74. The molecule has 2 rings (SSSR count). The Morgan fingerprint density at radius 3 is 2.68 bits per heavy atom. The SMILES string of the molecule is COc1ccc(CNC(=O)CN(C)Cc2csc(C)n2)cc1. The third kappa shape index (κ3) is 5.13. The number of benzene rings is 1. The Labute approximate surface area is 134 Å². The van der Waals surface area contributed by atoms with E-state index in [4.69, 9.17) is 4.74 Å². The molecule has 2 aromatic rings. The molecule has 118 valence electrons. The summed E-state index contributed by atoms with van der Waals surface area (Å²) >= 11 is 1.63. The topological polar surface area (TPSA) is 54.5 Å². The lowest BCUT2D eigenvalue weighted by molar-refractivity contribution is -0.122. The van der Waals surface area contributed by atoms with E-state index in [1.807, 2.05) is 48.5 Å². The first-order valence-corrected chi connectivity index (χ1v) is 7.94. The Kier molecular flexibility index (Phi) is 5.91. The quantitative estimate of drug-likeness (QED) is 0.850. The molecule has 0 aliphatic carbocycles. The van der Waals surface area contributed by atoms with Crippen LogP contribution in [0.1, 0.15) is 16.3 Å². The first-order chi connectivity index (χ1) is 10.6. The van der Waals surface area contributed by atoms with E-state index in [2.05, 4.69) is 10.3 Å². The van der Waals surface area contributed by atoms with Crippen molar-refractivity contribution in [3.63, 3.8) is 0 Å². The van der Waals surface area contributed by atoms with Crippen LogP contribution < -0.4 is 10.1 Å². The second-order valence-electron chi connectivity index (χ2n) is 5.15. The van der Waals surface area contributed by atoms with E-state index in [0.29, 0.717) is 19.6 Å². The number of aryl methyl sites for hydroxylation is 1. The predicted molar refractivity (Wildman–Crippen MR) is 88.0 cm³/mol. The fourth-order valence-electron chi connectivity index (χ4n) is 2.06. The molecule has 6 heteroatoms. The Bertz CT molecular complexity index is 610. The van der Waals surface area contributed by atoms with Crippen LogP contribution in [0, 0.1) is 6.92 Å². The standard InChI is InChI=1S/C16H21N3O2S/c1-12-18-14(11-22-12)9-19(2)10-16(20)17-8-13-4-6-15(21-3)7-5-13/h4-7,11H,8-10H2,1-3H3,(H,17,20). The molecule has 22 heavy (non-hydrogen) atoms. The van der Waals surface area contributed by atoms with Gasteiger partial charge in [0.1, 0.15) is 5.75 Å². The van der Waals surface area contributed by atoms with Crippen molar-refractivity contribution in [3.05, 3.63) is 45.9 Å². The van der Waals surface area contributed by atoms with Crippen LogP contribution >= 0.6 is 11.3 Å². The number of rotatable bonds is 7. The van der Waals surface area contributed by atoms with Crippen LogP contribution in [-0.4, -0.2) is 36.5 Å². The highest BCUT2D eigenvalue weighted by molar-refractivity contribution is 7.09. The second kappa shape index (κ2) is 7.91. The fraction of sp³-hybridized carbons (Fsp3) is 0.375. The Morgan fingerprint density at radius 2 is 2.09 bits per heavy atom. The number of carbonyl (C=O) groups is 1. The highest BCUT2D eigenvalue weighted by Gasteiger charge is 2.08. The maximum absolute atomic E-state index is 12.0. The van der Waals surface area contributed by atoms with Gasteiger partial charge in [0, 0.05) is 18.5 Å². The van der Waals surface area contributed by atoms with E-state index in [0.717, 1.165) is 22.0 Å².